The molecule has 1 saturated heterocycles. The Kier molecular flexibility index (Phi) is 4.92. The average molecular weight is 399 g/mol. The van der Waals surface area contributed by atoms with Crippen molar-refractivity contribution in [3.8, 4) is 0 Å². The van der Waals surface area contributed by atoms with Crippen LogP contribution in [0.3, 0.4) is 0 Å². The predicted molar refractivity (Wildman–Crippen MR) is 107 cm³/mol. The third-order valence-electron chi connectivity index (χ3n) is 7.47. The Balaban J connectivity index is 1.48. The maximum Gasteiger partial charge on any atom is 0.359 e. The summed E-state index contributed by atoms with van der Waals surface area (Å²) in [5.74, 6) is 1.17. The van der Waals surface area contributed by atoms with Crippen LogP contribution >= 0.6 is 0 Å². The SMILES string of the molecule is CCOC(=O)c1c(C2CC3C=CC2C3)nnn1C(=O)N1CCCC2CCCCC21. The third-order valence-corrected chi connectivity index (χ3v) is 7.47. The molecule has 2 saturated carbocycles. The predicted octanol–water partition coefficient (Wildman–Crippen LogP) is 3.76. The Morgan fingerprint density at radius 2 is 1.97 bits per heavy atom. The molecule has 2 heterocycles. The fraction of sp³-hybridized carbons (Fsp3) is 0.727. The van der Waals surface area contributed by atoms with Crippen molar-refractivity contribution in [2.24, 2.45) is 17.8 Å². The second-order valence-electron chi connectivity index (χ2n) is 9.07. The van der Waals surface area contributed by atoms with E-state index in [1.54, 1.807) is 6.92 Å². The van der Waals surface area contributed by atoms with Gasteiger partial charge in [0.2, 0.25) is 0 Å². The van der Waals surface area contributed by atoms with Gasteiger partial charge in [0, 0.05) is 18.5 Å². The normalized spacial score (nSPS) is 33.0. The van der Waals surface area contributed by atoms with E-state index in [4.69, 9.17) is 4.74 Å². The summed E-state index contributed by atoms with van der Waals surface area (Å²) in [6.45, 7) is 2.78. The quantitative estimate of drug-likeness (QED) is 0.572. The molecule has 5 rings (SSSR count). The lowest BCUT2D eigenvalue weighted by Gasteiger charge is -2.43. The number of likely N-dealkylation sites (tertiary alicyclic amines) is 1. The van der Waals surface area contributed by atoms with E-state index < -0.39 is 5.97 Å². The molecular formula is C22H30N4O3. The number of rotatable bonds is 3. The molecule has 2 bridgehead atoms. The van der Waals surface area contributed by atoms with Crippen molar-refractivity contribution in [3.63, 3.8) is 0 Å². The second-order valence-corrected chi connectivity index (χ2v) is 9.07. The lowest BCUT2D eigenvalue weighted by atomic mass is 9.78. The molecule has 3 aliphatic carbocycles. The van der Waals surface area contributed by atoms with Gasteiger partial charge < -0.3 is 9.64 Å². The number of hydrogen-bond acceptors (Lipinski definition) is 5. The van der Waals surface area contributed by atoms with Crippen LogP contribution in [0.2, 0.25) is 0 Å². The van der Waals surface area contributed by atoms with Gasteiger partial charge in [0.25, 0.3) is 0 Å². The number of ether oxygens (including phenoxy) is 1. The first-order chi connectivity index (χ1) is 14.2. The molecule has 1 aromatic rings. The van der Waals surface area contributed by atoms with E-state index in [0.29, 0.717) is 23.4 Å². The number of aromatic nitrogens is 3. The standard InChI is InChI=1S/C22H30N4O3/c1-2-29-21(27)20-19(17-13-14-9-10-16(17)12-14)23-24-26(20)22(28)25-11-5-7-15-6-3-4-8-18(15)25/h9-10,14-18H,2-8,11-13H2,1H3. The second kappa shape index (κ2) is 7.58. The molecule has 7 heteroatoms. The molecule has 3 fully saturated rings. The van der Waals surface area contributed by atoms with Gasteiger partial charge in [-0.1, -0.05) is 30.2 Å². The summed E-state index contributed by atoms with van der Waals surface area (Å²) in [5, 5.41) is 8.58. The minimum absolute atomic E-state index is 0.148. The highest BCUT2D eigenvalue weighted by Crippen LogP contribution is 2.49. The van der Waals surface area contributed by atoms with Crippen molar-refractivity contribution in [2.45, 2.75) is 70.3 Å². The highest BCUT2D eigenvalue weighted by Gasteiger charge is 2.43. The van der Waals surface area contributed by atoms with Gasteiger partial charge in [0.1, 0.15) is 5.69 Å². The summed E-state index contributed by atoms with van der Waals surface area (Å²) in [7, 11) is 0. The zero-order valence-electron chi connectivity index (χ0n) is 17.1. The Bertz CT molecular complexity index is 830. The molecule has 4 aliphatic rings. The molecule has 0 radical (unpaired) electrons. The van der Waals surface area contributed by atoms with Crippen molar-refractivity contribution in [3.05, 3.63) is 23.5 Å². The van der Waals surface area contributed by atoms with Crippen LogP contribution in [0.15, 0.2) is 12.2 Å². The first-order valence-electron chi connectivity index (χ1n) is 11.3. The van der Waals surface area contributed by atoms with Crippen LogP contribution in [-0.2, 0) is 4.74 Å². The van der Waals surface area contributed by atoms with Crippen LogP contribution in [0, 0.1) is 17.8 Å². The van der Waals surface area contributed by atoms with Gasteiger partial charge in [0.05, 0.1) is 6.61 Å². The van der Waals surface area contributed by atoms with Crippen molar-refractivity contribution < 1.29 is 14.3 Å². The molecule has 0 N–H and O–H groups in total. The molecule has 29 heavy (non-hydrogen) atoms. The van der Waals surface area contributed by atoms with Gasteiger partial charge in [-0.3, -0.25) is 0 Å². The van der Waals surface area contributed by atoms with E-state index in [0.717, 1.165) is 38.6 Å². The van der Waals surface area contributed by atoms with Gasteiger partial charge in [0.15, 0.2) is 5.69 Å². The zero-order chi connectivity index (χ0) is 20.0. The number of carbonyl (C=O) groups excluding carboxylic acids is 2. The van der Waals surface area contributed by atoms with E-state index in [1.807, 2.05) is 4.90 Å². The highest BCUT2D eigenvalue weighted by atomic mass is 16.5. The van der Waals surface area contributed by atoms with E-state index >= 15 is 0 Å². The Hall–Kier alpha value is -2.18. The Morgan fingerprint density at radius 1 is 1.14 bits per heavy atom. The summed E-state index contributed by atoms with van der Waals surface area (Å²) in [5.41, 5.74) is 0.895. The molecule has 5 atom stereocenters. The molecule has 0 aromatic carbocycles. The molecule has 0 spiro atoms. The molecule has 1 amide bonds. The minimum atomic E-state index is -0.482. The van der Waals surface area contributed by atoms with Crippen LogP contribution in [0.25, 0.3) is 0 Å². The van der Waals surface area contributed by atoms with Crippen LogP contribution in [0.1, 0.15) is 80.4 Å². The number of amides is 1. The van der Waals surface area contributed by atoms with Gasteiger partial charge in [-0.25, -0.2) is 9.59 Å². The highest BCUT2D eigenvalue weighted by molar-refractivity contribution is 5.93. The maximum absolute atomic E-state index is 13.5. The number of fused-ring (bicyclic) bond motifs is 3. The van der Waals surface area contributed by atoms with Crippen molar-refractivity contribution in [2.75, 3.05) is 13.2 Å². The largest absolute Gasteiger partial charge is 0.461 e. The van der Waals surface area contributed by atoms with Gasteiger partial charge in [-0.2, -0.15) is 4.68 Å². The Morgan fingerprint density at radius 3 is 2.72 bits per heavy atom. The smallest absolute Gasteiger partial charge is 0.359 e. The first kappa shape index (κ1) is 18.8. The molecule has 1 aliphatic heterocycles. The topological polar surface area (TPSA) is 77.3 Å². The summed E-state index contributed by atoms with van der Waals surface area (Å²) in [6, 6.07) is 0.0558. The average Bonchev–Trinajstić information content (AvgIpc) is 3.48. The lowest BCUT2D eigenvalue weighted by Crippen LogP contribution is -2.51. The fourth-order valence-corrected chi connectivity index (χ4v) is 6.15. The number of hydrogen-bond donors (Lipinski definition) is 0. The molecular weight excluding hydrogens is 368 g/mol. The number of allylic oxidation sites excluding steroid dienone is 2. The van der Waals surface area contributed by atoms with Crippen LogP contribution < -0.4 is 0 Å². The molecule has 156 valence electrons. The van der Waals surface area contributed by atoms with E-state index in [2.05, 4.69) is 22.5 Å². The summed E-state index contributed by atoms with van der Waals surface area (Å²) in [6.07, 6.45) is 13.4. The number of esters is 1. The molecule has 7 nitrogen and oxygen atoms in total. The van der Waals surface area contributed by atoms with E-state index in [-0.39, 0.29) is 30.3 Å². The van der Waals surface area contributed by atoms with E-state index in [9.17, 15) is 9.59 Å². The Labute approximate surface area is 171 Å². The van der Waals surface area contributed by atoms with Crippen LogP contribution in [0.5, 0.6) is 0 Å². The van der Waals surface area contributed by atoms with Crippen molar-refractivity contribution >= 4 is 12.0 Å². The van der Waals surface area contributed by atoms with Crippen molar-refractivity contribution in [1.82, 2.24) is 19.9 Å². The maximum atomic E-state index is 13.5. The zero-order valence-corrected chi connectivity index (χ0v) is 17.1. The monoisotopic (exact) mass is 398 g/mol. The third kappa shape index (κ3) is 3.19. The van der Waals surface area contributed by atoms with E-state index in [1.165, 1.54) is 23.9 Å². The summed E-state index contributed by atoms with van der Waals surface area (Å²) in [4.78, 5) is 28.4. The van der Waals surface area contributed by atoms with Gasteiger partial charge >= 0.3 is 12.0 Å². The summed E-state index contributed by atoms with van der Waals surface area (Å²) < 4.78 is 6.57. The van der Waals surface area contributed by atoms with Gasteiger partial charge in [-0.05, 0) is 63.2 Å². The number of nitrogens with zero attached hydrogens (tertiary/aromatic N) is 4. The van der Waals surface area contributed by atoms with Gasteiger partial charge in [-0.15, -0.1) is 5.10 Å². The summed E-state index contributed by atoms with van der Waals surface area (Å²) >= 11 is 0. The number of carbonyl (C=O) groups is 2. The molecule has 5 unspecified atom stereocenters. The lowest BCUT2D eigenvalue weighted by molar-refractivity contribution is 0.0502. The minimum Gasteiger partial charge on any atom is -0.461 e. The number of piperidine rings is 1. The van der Waals surface area contributed by atoms with Crippen molar-refractivity contribution in [1.29, 1.82) is 0 Å². The fourth-order valence-electron chi connectivity index (χ4n) is 6.15. The first-order valence-corrected chi connectivity index (χ1v) is 11.3. The van der Waals surface area contributed by atoms with Crippen LogP contribution in [0.4, 0.5) is 4.79 Å². The van der Waals surface area contributed by atoms with Crippen LogP contribution in [-0.4, -0.2) is 51.1 Å². The molecule has 1 aromatic heterocycles.